The number of carbonyl (C=O) groups excluding carboxylic acids is 1. The average Bonchev–Trinajstić information content (AvgIpc) is 2.15. The molecule has 0 spiro atoms. The fourth-order valence-corrected chi connectivity index (χ4v) is 0.930. The van der Waals surface area contributed by atoms with Crippen molar-refractivity contribution in [3.8, 4) is 0 Å². The van der Waals surface area contributed by atoms with Crippen LogP contribution in [0.1, 0.15) is 5.56 Å². The standard InChI is InChI=1S/C9H10FNO/c10-9(12)8(11)6-7-4-2-1-3-5-7/h1-5,8H,6,11H2/t8-/m0/s1/i/hD. The highest BCUT2D eigenvalue weighted by molar-refractivity contribution is 5.74. The molecule has 2 N–H and O–H groups in total. The molecule has 1 aromatic rings. The summed E-state index contributed by atoms with van der Waals surface area (Å²) < 4.78 is 19.0. The molecule has 12 heavy (non-hydrogen) atoms. The topological polar surface area (TPSA) is 43.1 Å². The van der Waals surface area contributed by atoms with Crippen LogP contribution in [0.15, 0.2) is 30.3 Å². The molecule has 1 rings (SSSR count). The molecule has 2 nitrogen and oxygen atoms in total. The van der Waals surface area contributed by atoms with Crippen LogP contribution >= 0.6 is 0 Å². The fourth-order valence-electron chi connectivity index (χ4n) is 0.930. The number of carbonyl (C=O) groups is 1. The van der Waals surface area contributed by atoms with E-state index in [0.29, 0.717) is 0 Å². The smallest absolute Gasteiger partial charge is 0.318 e. The molecule has 0 amide bonds. The third-order valence-corrected chi connectivity index (χ3v) is 1.56. The van der Waals surface area contributed by atoms with Crippen molar-refractivity contribution in [2.45, 2.75) is 12.5 Å². The Balaban J connectivity index is 2.62. The summed E-state index contributed by atoms with van der Waals surface area (Å²) >= 11 is 0. The van der Waals surface area contributed by atoms with Crippen LogP contribution in [0, 0.1) is 0 Å². The third-order valence-electron chi connectivity index (χ3n) is 1.56. The number of halogens is 1. The number of benzene rings is 1. The molecule has 0 heterocycles. The van der Waals surface area contributed by atoms with Crippen molar-refractivity contribution < 1.29 is 10.6 Å². The predicted molar refractivity (Wildman–Crippen MR) is 44.2 cm³/mol. The lowest BCUT2D eigenvalue weighted by molar-refractivity contribution is -0.130. The van der Waals surface area contributed by atoms with Crippen LogP contribution in [0.2, 0.25) is 1.41 Å². The summed E-state index contributed by atoms with van der Waals surface area (Å²) in [6, 6.07) is 6.46. The first-order chi connectivity index (χ1) is 6.24. The highest BCUT2D eigenvalue weighted by atomic mass is 19.1. The molecule has 0 aromatic heterocycles. The SMILES string of the molecule is [2H]N[C@@H](Cc1ccccc1)C(=O)F. The van der Waals surface area contributed by atoms with Crippen molar-refractivity contribution in [2.24, 2.45) is 5.73 Å². The third kappa shape index (κ3) is 2.43. The van der Waals surface area contributed by atoms with Crippen molar-refractivity contribution in [3.05, 3.63) is 35.9 Å². The Morgan fingerprint density at radius 1 is 1.58 bits per heavy atom. The van der Waals surface area contributed by atoms with Gasteiger partial charge in [-0.15, -0.1) is 0 Å². The van der Waals surface area contributed by atoms with Gasteiger partial charge in [0.05, 0.1) is 0 Å². The Morgan fingerprint density at radius 3 is 2.75 bits per heavy atom. The molecule has 0 fully saturated rings. The van der Waals surface area contributed by atoms with Gasteiger partial charge in [0.2, 0.25) is 0 Å². The minimum Gasteiger partial charge on any atom is -0.319 e. The summed E-state index contributed by atoms with van der Waals surface area (Å²) in [4.78, 5) is 10.3. The van der Waals surface area contributed by atoms with E-state index in [4.69, 9.17) is 1.41 Å². The monoisotopic (exact) mass is 168 g/mol. The molecule has 0 unspecified atom stereocenters. The molecule has 0 bridgehead atoms. The zero-order chi connectivity index (χ0) is 9.68. The second-order valence-corrected chi connectivity index (χ2v) is 2.55. The molecule has 1 atom stereocenters. The van der Waals surface area contributed by atoms with E-state index in [-0.39, 0.29) is 6.42 Å². The summed E-state index contributed by atoms with van der Waals surface area (Å²) in [7, 11) is 0. The van der Waals surface area contributed by atoms with Crippen molar-refractivity contribution in [1.29, 1.82) is 0 Å². The summed E-state index contributed by atoms with van der Waals surface area (Å²) in [5, 5.41) is 0. The van der Waals surface area contributed by atoms with Gasteiger partial charge in [0.15, 0.2) is 0 Å². The van der Waals surface area contributed by atoms with Crippen LogP contribution in [0.5, 0.6) is 0 Å². The van der Waals surface area contributed by atoms with Crippen LogP contribution in [0.4, 0.5) is 4.39 Å². The quantitative estimate of drug-likeness (QED) is 0.683. The molecule has 3 heteroatoms. The van der Waals surface area contributed by atoms with Gasteiger partial charge in [-0.2, -0.15) is 4.39 Å². The molecule has 64 valence electrons. The lowest BCUT2D eigenvalue weighted by atomic mass is 10.1. The molecular weight excluding hydrogens is 157 g/mol. The van der Waals surface area contributed by atoms with Crippen LogP contribution in [-0.4, -0.2) is 12.1 Å². The minimum absolute atomic E-state index is 0.208. The normalized spacial score (nSPS) is 13.6. The maximum absolute atomic E-state index is 12.2. The van der Waals surface area contributed by atoms with E-state index in [9.17, 15) is 9.18 Å². The summed E-state index contributed by atoms with van der Waals surface area (Å²) in [6.07, 6.45) is 0.208. The Hall–Kier alpha value is -1.22. The second kappa shape index (κ2) is 3.97. The van der Waals surface area contributed by atoms with E-state index < -0.39 is 12.1 Å². The maximum Gasteiger partial charge on any atom is 0.318 e. The molecule has 0 saturated carbocycles. The number of rotatable bonds is 4. The van der Waals surface area contributed by atoms with Gasteiger partial charge < -0.3 is 5.73 Å². The van der Waals surface area contributed by atoms with Crippen LogP contribution in [0.25, 0.3) is 0 Å². The lowest BCUT2D eigenvalue weighted by Gasteiger charge is -2.03. The first-order valence-corrected chi connectivity index (χ1v) is 3.64. The molecule has 0 aliphatic rings. The van der Waals surface area contributed by atoms with Gasteiger partial charge in [0, 0.05) is 0 Å². The fraction of sp³-hybridized carbons (Fsp3) is 0.222. The van der Waals surface area contributed by atoms with E-state index in [0.717, 1.165) is 5.56 Å². The van der Waals surface area contributed by atoms with E-state index >= 15 is 0 Å². The predicted octanol–water partition coefficient (Wildman–Crippen LogP) is 1.05. The maximum atomic E-state index is 12.2. The molecule has 0 aliphatic heterocycles. The van der Waals surface area contributed by atoms with Crippen LogP contribution in [0.3, 0.4) is 0 Å². The van der Waals surface area contributed by atoms with Crippen molar-refractivity contribution >= 4 is 6.04 Å². The van der Waals surface area contributed by atoms with Gasteiger partial charge >= 0.3 is 6.04 Å². The van der Waals surface area contributed by atoms with Crippen LogP contribution in [-0.2, 0) is 11.2 Å². The molecular formula is C9H10FNO. The Labute approximate surface area is 71.7 Å². The van der Waals surface area contributed by atoms with Gasteiger partial charge in [-0.05, 0) is 12.0 Å². The highest BCUT2D eigenvalue weighted by Gasteiger charge is 2.11. The van der Waals surface area contributed by atoms with Crippen molar-refractivity contribution in [2.75, 3.05) is 0 Å². The van der Waals surface area contributed by atoms with E-state index in [1.54, 1.807) is 24.3 Å². The largest absolute Gasteiger partial charge is 0.319 e. The number of hydrogen-bond acceptors (Lipinski definition) is 2. The lowest BCUT2D eigenvalue weighted by Crippen LogP contribution is -2.29. The zero-order valence-corrected chi connectivity index (χ0v) is 6.46. The molecule has 0 radical (unpaired) electrons. The molecule has 1 aromatic carbocycles. The highest BCUT2D eigenvalue weighted by Crippen LogP contribution is 2.02. The summed E-state index contributed by atoms with van der Waals surface area (Å²) in [5.41, 5.74) is 2.71. The first-order valence-electron chi connectivity index (χ1n) is 4.14. The second-order valence-electron chi connectivity index (χ2n) is 2.55. The summed E-state index contributed by atoms with van der Waals surface area (Å²) in [6.45, 7) is 0. The first kappa shape index (κ1) is 7.43. The number of hydrogen-bond donors (Lipinski definition) is 1. The van der Waals surface area contributed by atoms with Crippen molar-refractivity contribution in [1.82, 2.24) is 0 Å². The van der Waals surface area contributed by atoms with E-state index in [1.807, 2.05) is 11.8 Å². The average molecular weight is 168 g/mol. The van der Waals surface area contributed by atoms with Gasteiger partial charge in [0.25, 0.3) is 0 Å². The van der Waals surface area contributed by atoms with E-state index in [1.165, 1.54) is 0 Å². The van der Waals surface area contributed by atoms with Gasteiger partial charge in [-0.1, -0.05) is 30.3 Å². The minimum atomic E-state index is -1.50. The van der Waals surface area contributed by atoms with E-state index in [2.05, 4.69) is 0 Å². The Kier molecular flexibility index (Phi) is 2.46. The Morgan fingerprint density at radius 2 is 2.25 bits per heavy atom. The Bertz CT molecular complexity index is 278. The van der Waals surface area contributed by atoms with Gasteiger partial charge in [-0.25, -0.2) is 0 Å². The van der Waals surface area contributed by atoms with Gasteiger partial charge in [-0.3, -0.25) is 4.79 Å². The van der Waals surface area contributed by atoms with Crippen LogP contribution < -0.4 is 5.73 Å². The molecule has 0 saturated heterocycles. The molecule has 0 aliphatic carbocycles. The summed E-state index contributed by atoms with van der Waals surface area (Å²) in [5.74, 6) is 0. The zero-order valence-electron chi connectivity index (χ0n) is 7.46. The number of nitrogens with two attached hydrogens (primary N) is 1. The van der Waals surface area contributed by atoms with Gasteiger partial charge in [0.1, 0.15) is 7.45 Å². The van der Waals surface area contributed by atoms with Crippen molar-refractivity contribution in [3.63, 3.8) is 0 Å².